The van der Waals surface area contributed by atoms with Crippen LogP contribution >= 0.6 is 0 Å². The van der Waals surface area contributed by atoms with E-state index in [1.807, 2.05) is 6.92 Å². The highest BCUT2D eigenvalue weighted by Gasteiger charge is 2.38. The monoisotopic (exact) mass is 314 g/mol. The molecule has 1 aromatic heterocycles. The molecule has 2 aromatic rings. The van der Waals surface area contributed by atoms with Gasteiger partial charge in [-0.1, -0.05) is 6.92 Å². The van der Waals surface area contributed by atoms with Crippen molar-refractivity contribution in [3.63, 3.8) is 0 Å². The summed E-state index contributed by atoms with van der Waals surface area (Å²) in [6.45, 7) is 2.37. The van der Waals surface area contributed by atoms with Gasteiger partial charge in [0.05, 0.1) is 0 Å². The van der Waals surface area contributed by atoms with Crippen LogP contribution in [0.5, 0.6) is 0 Å². The molecule has 2 amide bonds. The Morgan fingerprint density at radius 1 is 1.26 bits per heavy atom. The van der Waals surface area contributed by atoms with E-state index in [4.69, 9.17) is 4.42 Å². The van der Waals surface area contributed by atoms with E-state index in [0.29, 0.717) is 23.7 Å². The number of hydrogen-bond acceptors (Lipinski definition) is 4. The predicted octanol–water partition coefficient (Wildman–Crippen LogP) is 1.89. The molecule has 6 heteroatoms. The molecular formula is C17H18N2O4. The predicted molar refractivity (Wildman–Crippen MR) is 86.0 cm³/mol. The summed E-state index contributed by atoms with van der Waals surface area (Å²) in [5.74, 6) is 0.437. The number of rotatable bonds is 5. The molecule has 1 fully saturated rings. The lowest BCUT2D eigenvalue weighted by Gasteiger charge is -2.07. The SMILES string of the molecule is C[C@H]1C[C@@H]1C(=O)NCCC(=O)Nc1ccc2oc(=O)ccc2c1. The molecular weight excluding hydrogens is 296 g/mol. The average molecular weight is 314 g/mol. The van der Waals surface area contributed by atoms with Gasteiger partial charge in [-0.05, 0) is 36.6 Å². The van der Waals surface area contributed by atoms with Crippen molar-refractivity contribution in [2.45, 2.75) is 19.8 Å². The first kappa shape index (κ1) is 15.3. The molecule has 0 aliphatic heterocycles. The van der Waals surface area contributed by atoms with E-state index < -0.39 is 5.63 Å². The summed E-state index contributed by atoms with van der Waals surface area (Å²) in [6.07, 6.45) is 1.15. The van der Waals surface area contributed by atoms with Gasteiger partial charge in [0, 0.05) is 36.0 Å². The van der Waals surface area contributed by atoms with Crippen molar-refractivity contribution in [1.29, 1.82) is 0 Å². The summed E-state index contributed by atoms with van der Waals surface area (Å²) in [5, 5.41) is 6.28. The van der Waals surface area contributed by atoms with Gasteiger partial charge in [-0.15, -0.1) is 0 Å². The van der Waals surface area contributed by atoms with Gasteiger partial charge in [-0.25, -0.2) is 4.79 Å². The molecule has 2 atom stereocenters. The van der Waals surface area contributed by atoms with Crippen LogP contribution in [0, 0.1) is 11.8 Å². The highest BCUT2D eigenvalue weighted by Crippen LogP contribution is 2.37. The van der Waals surface area contributed by atoms with E-state index in [0.717, 1.165) is 11.8 Å². The summed E-state index contributed by atoms with van der Waals surface area (Å²) in [4.78, 5) is 34.7. The van der Waals surface area contributed by atoms with Crippen LogP contribution in [-0.4, -0.2) is 18.4 Å². The number of hydrogen-bond donors (Lipinski definition) is 2. The van der Waals surface area contributed by atoms with Crippen molar-refractivity contribution in [2.24, 2.45) is 11.8 Å². The van der Waals surface area contributed by atoms with Gasteiger partial charge >= 0.3 is 5.63 Å². The summed E-state index contributed by atoms with van der Waals surface area (Å²) >= 11 is 0. The van der Waals surface area contributed by atoms with E-state index in [2.05, 4.69) is 10.6 Å². The third kappa shape index (κ3) is 3.77. The lowest BCUT2D eigenvalue weighted by Crippen LogP contribution is -2.29. The molecule has 2 N–H and O–H groups in total. The smallest absolute Gasteiger partial charge is 0.336 e. The fourth-order valence-electron chi connectivity index (χ4n) is 2.49. The number of carbonyl (C=O) groups excluding carboxylic acids is 2. The van der Waals surface area contributed by atoms with E-state index in [1.165, 1.54) is 6.07 Å². The zero-order chi connectivity index (χ0) is 16.4. The van der Waals surface area contributed by atoms with Gasteiger partial charge in [0.1, 0.15) is 5.58 Å². The summed E-state index contributed by atoms with van der Waals surface area (Å²) in [7, 11) is 0. The highest BCUT2D eigenvalue weighted by atomic mass is 16.4. The number of benzene rings is 1. The number of fused-ring (bicyclic) bond motifs is 1. The zero-order valence-electron chi connectivity index (χ0n) is 12.8. The summed E-state index contributed by atoms with van der Waals surface area (Å²) in [5.41, 5.74) is 0.690. The molecule has 1 heterocycles. The normalized spacial score (nSPS) is 19.3. The van der Waals surface area contributed by atoms with Gasteiger partial charge in [-0.3, -0.25) is 9.59 Å². The Hall–Kier alpha value is -2.63. The summed E-state index contributed by atoms with van der Waals surface area (Å²) < 4.78 is 5.03. The molecule has 120 valence electrons. The highest BCUT2D eigenvalue weighted by molar-refractivity contribution is 5.93. The van der Waals surface area contributed by atoms with E-state index in [9.17, 15) is 14.4 Å². The first-order chi connectivity index (χ1) is 11.0. The van der Waals surface area contributed by atoms with Crippen molar-refractivity contribution < 1.29 is 14.0 Å². The maximum Gasteiger partial charge on any atom is 0.336 e. The Balaban J connectivity index is 1.52. The van der Waals surface area contributed by atoms with Crippen molar-refractivity contribution >= 4 is 28.5 Å². The molecule has 0 unspecified atom stereocenters. The Labute approximate surface area is 132 Å². The molecule has 23 heavy (non-hydrogen) atoms. The molecule has 6 nitrogen and oxygen atoms in total. The van der Waals surface area contributed by atoms with Gasteiger partial charge in [0.2, 0.25) is 11.8 Å². The summed E-state index contributed by atoms with van der Waals surface area (Å²) in [6, 6.07) is 8.03. The van der Waals surface area contributed by atoms with Crippen LogP contribution in [0.15, 0.2) is 39.5 Å². The maximum absolute atomic E-state index is 11.9. The van der Waals surface area contributed by atoms with Crippen molar-refractivity contribution in [1.82, 2.24) is 5.32 Å². The number of anilines is 1. The lowest BCUT2D eigenvalue weighted by atomic mass is 10.2. The van der Waals surface area contributed by atoms with Crippen LogP contribution in [0.2, 0.25) is 0 Å². The molecule has 1 aliphatic carbocycles. The quantitative estimate of drug-likeness (QED) is 0.825. The van der Waals surface area contributed by atoms with Crippen molar-refractivity contribution in [3.05, 3.63) is 40.8 Å². The van der Waals surface area contributed by atoms with Crippen molar-refractivity contribution in [3.8, 4) is 0 Å². The van der Waals surface area contributed by atoms with Crippen molar-refractivity contribution in [2.75, 3.05) is 11.9 Å². The van der Waals surface area contributed by atoms with E-state index >= 15 is 0 Å². The largest absolute Gasteiger partial charge is 0.423 e. The first-order valence-corrected chi connectivity index (χ1v) is 7.64. The third-order valence-electron chi connectivity index (χ3n) is 4.00. The maximum atomic E-state index is 11.9. The minimum atomic E-state index is -0.407. The molecule has 0 radical (unpaired) electrons. The minimum absolute atomic E-state index is 0.0334. The van der Waals surface area contributed by atoms with Gasteiger partial charge < -0.3 is 15.1 Å². The van der Waals surface area contributed by atoms with Crippen LogP contribution in [-0.2, 0) is 9.59 Å². The second kappa shape index (κ2) is 6.24. The zero-order valence-corrected chi connectivity index (χ0v) is 12.8. The van der Waals surface area contributed by atoms with Crippen LogP contribution < -0.4 is 16.3 Å². The van der Waals surface area contributed by atoms with Gasteiger partial charge in [0.15, 0.2) is 0 Å². The number of amides is 2. The second-order valence-corrected chi connectivity index (χ2v) is 5.92. The number of nitrogens with one attached hydrogen (secondary N) is 2. The lowest BCUT2D eigenvalue weighted by molar-refractivity contribution is -0.122. The molecule has 3 rings (SSSR count). The Morgan fingerprint density at radius 2 is 2.04 bits per heavy atom. The number of carbonyl (C=O) groups is 2. The molecule has 1 aromatic carbocycles. The third-order valence-corrected chi connectivity index (χ3v) is 4.00. The molecule has 0 saturated heterocycles. The molecule has 1 aliphatic rings. The van der Waals surface area contributed by atoms with Crippen LogP contribution in [0.4, 0.5) is 5.69 Å². The Morgan fingerprint density at radius 3 is 2.78 bits per heavy atom. The minimum Gasteiger partial charge on any atom is -0.423 e. The van der Waals surface area contributed by atoms with Gasteiger partial charge in [-0.2, -0.15) is 0 Å². The van der Waals surface area contributed by atoms with E-state index in [-0.39, 0.29) is 24.2 Å². The standard InChI is InChI=1S/C17H18N2O4/c1-10-8-13(10)17(22)18-7-6-15(20)19-12-3-4-14-11(9-12)2-5-16(21)23-14/h2-5,9-10,13H,6-8H2,1H3,(H,18,22)(H,19,20)/t10-,13-/m0/s1. The van der Waals surface area contributed by atoms with Crippen LogP contribution in [0.25, 0.3) is 11.0 Å². The topological polar surface area (TPSA) is 88.4 Å². The molecule has 0 spiro atoms. The Kier molecular flexibility index (Phi) is 4.14. The Bertz CT molecular complexity index is 812. The average Bonchev–Trinajstić information content (AvgIpc) is 3.24. The molecule has 1 saturated carbocycles. The molecule has 0 bridgehead atoms. The fraction of sp³-hybridized carbons (Fsp3) is 0.353. The van der Waals surface area contributed by atoms with E-state index in [1.54, 1.807) is 24.3 Å². The van der Waals surface area contributed by atoms with Crippen LogP contribution in [0.3, 0.4) is 0 Å². The first-order valence-electron chi connectivity index (χ1n) is 7.64. The van der Waals surface area contributed by atoms with Gasteiger partial charge in [0.25, 0.3) is 0 Å². The second-order valence-electron chi connectivity index (χ2n) is 5.92. The fourth-order valence-corrected chi connectivity index (χ4v) is 2.49. The van der Waals surface area contributed by atoms with Crippen LogP contribution in [0.1, 0.15) is 19.8 Å².